The summed E-state index contributed by atoms with van der Waals surface area (Å²) >= 11 is 2.00. The molecule has 1 fully saturated rings. The van der Waals surface area contributed by atoms with Crippen molar-refractivity contribution in [3.63, 3.8) is 0 Å². The molecule has 1 aromatic carbocycles. The van der Waals surface area contributed by atoms with Gasteiger partial charge in [0.05, 0.1) is 5.52 Å². The molecular formula is C16H20N4S. The van der Waals surface area contributed by atoms with E-state index in [0.717, 1.165) is 41.1 Å². The molecule has 1 aromatic heterocycles. The maximum Gasteiger partial charge on any atom is 0.130 e. The van der Waals surface area contributed by atoms with Crippen LogP contribution in [0.1, 0.15) is 19.4 Å². The van der Waals surface area contributed by atoms with Gasteiger partial charge in [0.15, 0.2) is 0 Å². The third kappa shape index (κ3) is 2.83. The van der Waals surface area contributed by atoms with Gasteiger partial charge in [0, 0.05) is 34.5 Å². The largest absolute Gasteiger partial charge is 0.384 e. The van der Waals surface area contributed by atoms with Crippen LogP contribution in [0, 0.1) is 5.41 Å². The fraction of sp³-hybridized carbons (Fsp3) is 0.375. The standard InChI is InChI=1S/C16H20N4S/c1-16(2)10-20(7-8-21-16)14-9-12(15(17)18)11-5-3-4-6-13(11)19-14/h3-6,9H,7-8,10H2,1-2H3,(H3,17,18). The number of pyridine rings is 1. The normalized spacial score (nSPS) is 17.9. The summed E-state index contributed by atoms with van der Waals surface area (Å²) in [5.41, 5.74) is 7.43. The van der Waals surface area contributed by atoms with Crippen molar-refractivity contribution in [2.45, 2.75) is 18.6 Å². The lowest BCUT2D eigenvalue weighted by molar-refractivity contribution is 0.643. The van der Waals surface area contributed by atoms with Gasteiger partial charge < -0.3 is 10.6 Å². The third-order valence-corrected chi connectivity index (χ3v) is 5.04. The lowest BCUT2D eigenvalue weighted by atomic mass is 10.1. The number of hydrogen-bond donors (Lipinski definition) is 2. The number of nitrogens with one attached hydrogen (secondary N) is 1. The fourth-order valence-electron chi connectivity index (χ4n) is 2.76. The van der Waals surface area contributed by atoms with Crippen LogP contribution in [-0.4, -0.2) is 34.4 Å². The highest BCUT2D eigenvalue weighted by Gasteiger charge is 2.28. The number of aromatic nitrogens is 1. The summed E-state index contributed by atoms with van der Waals surface area (Å²) in [6, 6.07) is 9.83. The average Bonchev–Trinajstić information content (AvgIpc) is 2.45. The highest BCUT2D eigenvalue weighted by molar-refractivity contribution is 8.00. The Kier molecular flexibility index (Phi) is 3.53. The number of hydrogen-bond acceptors (Lipinski definition) is 4. The van der Waals surface area contributed by atoms with E-state index in [0.29, 0.717) is 0 Å². The summed E-state index contributed by atoms with van der Waals surface area (Å²) in [6.07, 6.45) is 0. The van der Waals surface area contributed by atoms with Crippen LogP contribution in [-0.2, 0) is 0 Å². The third-order valence-electron chi connectivity index (χ3n) is 3.74. The molecule has 1 aliphatic heterocycles. The Morgan fingerprint density at radius 1 is 1.38 bits per heavy atom. The molecule has 5 heteroatoms. The van der Waals surface area contributed by atoms with Crippen molar-refractivity contribution in [3.05, 3.63) is 35.9 Å². The summed E-state index contributed by atoms with van der Waals surface area (Å²) in [4.78, 5) is 7.07. The molecule has 110 valence electrons. The molecule has 0 unspecified atom stereocenters. The van der Waals surface area contributed by atoms with Gasteiger partial charge in [0.25, 0.3) is 0 Å². The highest BCUT2D eigenvalue weighted by atomic mass is 32.2. The van der Waals surface area contributed by atoms with Crippen LogP contribution in [0.3, 0.4) is 0 Å². The van der Waals surface area contributed by atoms with Crippen LogP contribution >= 0.6 is 11.8 Å². The first-order valence-electron chi connectivity index (χ1n) is 7.09. The van der Waals surface area contributed by atoms with Gasteiger partial charge in [-0.15, -0.1) is 0 Å². The minimum atomic E-state index is 0.0977. The second kappa shape index (κ2) is 5.22. The number of benzene rings is 1. The van der Waals surface area contributed by atoms with Crippen LogP contribution in [0.25, 0.3) is 10.9 Å². The molecule has 4 nitrogen and oxygen atoms in total. The SMILES string of the molecule is CC1(C)CN(c2cc(C(=N)N)c3ccccc3n2)CCS1. The minimum absolute atomic E-state index is 0.0977. The smallest absolute Gasteiger partial charge is 0.130 e. The number of rotatable bonds is 2. The Balaban J connectivity index is 2.09. The predicted molar refractivity (Wildman–Crippen MR) is 91.5 cm³/mol. The van der Waals surface area contributed by atoms with Crippen LogP contribution in [0.2, 0.25) is 0 Å². The van der Waals surface area contributed by atoms with Crippen LogP contribution in [0.15, 0.2) is 30.3 Å². The first kappa shape index (κ1) is 14.2. The van der Waals surface area contributed by atoms with Gasteiger partial charge in [0.1, 0.15) is 11.7 Å². The zero-order valence-corrected chi connectivity index (χ0v) is 13.2. The second-order valence-electron chi connectivity index (χ2n) is 5.99. The molecule has 3 N–H and O–H groups in total. The number of para-hydroxylation sites is 1. The number of anilines is 1. The first-order valence-corrected chi connectivity index (χ1v) is 8.08. The zero-order valence-electron chi connectivity index (χ0n) is 12.4. The fourth-order valence-corrected chi connectivity index (χ4v) is 3.87. The Labute approximate surface area is 129 Å². The molecule has 0 amide bonds. The monoisotopic (exact) mass is 300 g/mol. The maximum absolute atomic E-state index is 7.83. The van der Waals surface area contributed by atoms with Gasteiger partial charge in [-0.1, -0.05) is 18.2 Å². The van der Waals surface area contributed by atoms with E-state index in [1.807, 2.05) is 42.1 Å². The summed E-state index contributed by atoms with van der Waals surface area (Å²) in [5, 5.41) is 8.78. The maximum atomic E-state index is 7.83. The lowest BCUT2D eigenvalue weighted by Crippen LogP contribution is -2.43. The molecule has 0 bridgehead atoms. The van der Waals surface area contributed by atoms with E-state index in [4.69, 9.17) is 16.1 Å². The van der Waals surface area contributed by atoms with E-state index in [9.17, 15) is 0 Å². The minimum Gasteiger partial charge on any atom is -0.384 e. The molecule has 0 atom stereocenters. The number of fused-ring (bicyclic) bond motifs is 1. The number of nitrogen functional groups attached to an aromatic ring is 1. The van der Waals surface area contributed by atoms with E-state index in [2.05, 4.69) is 18.7 Å². The average molecular weight is 300 g/mol. The molecule has 3 rings (SSSR count). The van der Waals surface area contributed by atoms with Crippen LogP contribution in [0.5, 0.6) is 0 Å². The second-order valence-corrected chi connectivity index (χ2v) is 7.79. The topological polar surface area (TPSA) is 66.0 Å². The Morgan fingerprint density at radius 2 is 2.14 bits per heavy atom. The summed E-state index contributed by atoms with van der Waals surface area (Å²) < 4.78 is 0.224. The van der Waals surface area contributed by atoms with Gasteiger partial charge in [-0.25, -0.2) is 4.98 Å². The van der Waals surface area contributed by atoms with E-state index in [-0.39, 0.29) is 10.6 Å². The Morgan fingerprint density at radius 3 is 2.86 bits per heavy atom. The molecule has 1 saturated heterocycles. The van der Waals surface area contributed by atoms with Crippen molar-refractivity contribution >= 4 is 34.3 Å². The van der Waals surface area contributed by atoms with Gasteiger partial charge in [-0.05, 0) is 26.0 Å². The Bertz CT molecular complexity index is 696. The summed E-state index contributed by atoms with van der Waals surface area (Å²) in [6.45, 7) is 6.46. The van der Waals surface area contributed by atoms with Gasteiger partial charge in [-0.2, -0.15) is 11.8 Å². The zero-order chi connectivity index (χ0) is 15.0. The molecule has 0 radical (unpaired) electrons. The van der Waals surface area contributed by atoms with Crippen molar-refractivity contribution in [2.75, 3.05) is 23.7 Å². The lowest BCUT2D eigenvalue weighted by Gasteiger charge is -2.38. The number of thioether (sulfide) groups is 1. The molecule has 2 aromatic rings. The highest BCUT2D eigenvalue weighted by Crippen LogP contribution is 2.32. The van der Waals surface area contributed by atoms with Gasteiger partial charge in [0.2, 0.25) is 0 Å². The summed E-state index contributed by atoms with van der Waals surface area (Å²) in [7, 11) is 0. The van der Waals surface area contributed by atoms with Crippen molar-refractivity contribution in [1.29, 1.82) is 5.41 Å². The van der Waals surface area contributed by atoms with Crippen molar-refractivity contribution < 1.29 is 0 Å². The molecule has 0 aliphatic carbocycles. The molecule has 0 saturated carbocycles. The van der Waals surface area contributed by atoms with Crippen molar-refractivity contribution in [1.82, 2.24) is 4.98 Å². The molecule has 0 spiro atoms. The Hall–Kier alpha value is -1.75. The molecular weight excluding hydrogens is 280 g/mol. The predicted octanol–water partition coefficient (Wildman–Crippen LogP) is 2.85. The van der Waals surface area contributed by atoms with E-state index >= 15 is 0 Å². The van der Waals surface area contributed by atoms with E-state index < -0.39 is 0 Å². The van der Waals surface area contributed by atoms with Gasteiger partial charge in [-0.3, -0.25) is 5.41 Å². The quantitative estimate of drug-likeness (QED) is 0.661. The summed E-state index contributed by atoms with van der Waals surface area (Å²) in [5.74, 6) is 2.12. The van der Waals surface area contributed by atoms with Crippen molar-refractivity contribution in [2.24, 2.45) is 5.73 Å². The van der Waals surface area contributed by atoms with E-state index in [1.165, 1.54) is 0 Å². The van der Waals surface area contributed by atoms with Crippen LogP contribution in [0.4, 0.5) is 5.82 Å². The van der Waals surface area contributed by atoms with Gasteiger partial charge >= 0.3 is 0 Å². The van der Waals surface area contributed by atoms with E-state index in [1.54, 1.807) is 0 Å². The number of nitrogens with zero attached hydrogens (tertiary/aromatic N) is 2. The molecule has 1 aliphatic rings. The number of amidine groups is 1. The number of nitrogens with two attached hydrogens (primary N) is 1. The first-order chi connectivity index (χ1) is 9.96. The van der Waals surface area contributed by atoms with Crippen LogP contribution < -0.4 is 10.6 Å². The molecule has 21 heavy (non-hydrogen) atoms. The van der Waals surface area contributed by atoms with Crippen molar-refractivity contribution in [3.8, 4) is 0 Å². The molecule has 2 heterocycles.